The summed E-state index contributed by atoms with van der Waals surface area (Å²) in [6.45, 7) is 5.07. The van der Waals surface area contributed by atoms with E-state index in [9.17, 15) is 14.4 Å². The smallest absolute Gasteiger partial charge is 0.0431 e. The molecule has 0 fully saturated rings. The maximum absolute atomic E-state index is 12.6. The Balaban J connectivity index is 1.73. The maximum atomic E-state index is 12.6. The van der Waals surface area contributed by atoms with Crippen molar-refractivity contribution in [3.05, 3.63) is 71.8 Å². The molecule has 0 aromatic heterocycles. The molecule has 2 aromatic rings. The van der Waals surface area contributed by atoms with Gasteiger partial charge in [-0.3, -0.25) is 4.21 Å². The van der Waals surface area contributed by atoms with Crippen LogP contribution in [0.4, 0.5) is 0 Å². The van der Waals surface area contributed by atoms with Crippen LogP contribution in [0.15, 0.2) is 60.7 Å². The van der Waals surface area contributed by atoms with E-state index in [-0.39, 0.29) is 24.0 Å². The molecule has 0 saturated heterocycles. The Morgan fingerprint density at radius 2 is 0.941 bits per heavy atom. The molecule has 0 radical (unpaired) electrons. The summed E-state index contributed by atoms with van der Waals surface area (Å²) in [5, 5.41) is 18.7. The van der Waals surface area contributed by atoms with Gasteiger partial charge in [0.15, 0.2) is 0 Å². The van der Waals surface area contributed by atoms with E-state index in [1.807, 2.05) is 12.1 Å². The van der Waals surface area contributed by atoms with Crippen molar-refractivity contribution in [3.63, 3.8) is 0 Å². The molecule has 2 aromatic carbocycles. The minimum atomic E-state index is -0.756. The van der Waals surface area contributed by atoms with Crippen molar-refractivity contribution in [2.75, 3.05) is 24.7 Å². The fraction of sp³-hybridized carbons (Fsp3) is 0.600. The maximum Gasteiger partial charge on any atom is 0.0431 e. The van der Waals surface area contributed by atoms with Gasteiger partial charge in [-0.05, 0) is 73.3 Å². The van der Waals surface area contributed by atoms with E-state index in [1.165, 1.54) is 11.1 Å². The molecule has 2 N–H and O–H groups in total. The quantitative estimate of drug-likeness (QED) is 0.235. The van der Waals surface area contributed by atoms with E-state index in [0.717, 1.165) is 75.7 Å². The van der Waals surface area contributed by atoms with Gasteiger partial charge < -0.3 is 10.2 Å². The van der Waals surface area contributed by atoms with Crippen LogP contribution >= 0.6 is 0 Å². The normalized spacial score (nSPS) is 16.0. The van der Waals surface area contributed by atoms with Crippen molar-refractivity contribution in [3.8, 4) is 0 Å². The van der Waals surface area contributed by atoms with Gasteiger partial charge in [-0.15, -0.1) is 0 Å². The van der Waals surface area contributed by atoms with Crippen LogP contribution in [0.1, 0.15) is 89.2 Å². The molecule has 0 saturated carbocycles. The monoisotopic (exact) mass is 486 g/mol. The third kappa shape index (κ3) is 9.64. The number of aliphatic hydroxyl groups excluding tert-OH is 2. The summed E-state index contributed by atoms with van der Waals surface area (Å²) in [5.74, 6) is 1.57. The molecule has 2 unspecified atom stereocenters. The molecule has 0 heterocycles. The van der Waals surface area contributed by atoms with Crippen LogP contribution < -0.4 is 0 Å². The first kappa shape index (κ1) is 28.7. The Labute approximate surface area is 210 Å². The molecule has 2 rings (SSSR count). The molecule has 3 nitrogen and oxygen atoms in total. The van der Waals surface area contributed by atoms with E-state index in [2.05, 4.69) is 62.4 Å². The zero-order valence-corrected chi connectivity index (χ0v) is 22.2. The second-order valence-corrected chi connectivity index (χ2v) is 12.0. The molecule has 0 spiro atoms. The summed E-state index contributed by atoms with van der Waals surface area (Å²) in [4.78, 5) is 0. The minimum absolute atomic E-state index is 0.0714. The first-order valence-corrected chi connectivity index (χ1v) is 14.6. The third-order valence-electron chi connectivity index (χ3n) is 7.42. The van der Waals surface area contributed by atoms with Crippen molar-refractivity contribution in [2.45, 2.75) is 88.9 Å². The second kappa shape index (κ2) is 15.5. The van der Waals surface area contributed by atoms with Crippen molar-refractivity contribution in [1.29, 1.82) is 0 Å². The van der Waals surface area contributed by atoms with Crippen LogP contribution in [0.5, 0.6) is 0 Å². The summed E-state index contributed by atoms with van der Waals surface area (Å²) >= 11 is 0. The zero-order valence-electron chi connectivity index (χ0n) is 21.4. The van der Waals surface area contributed by atoms with Crippen LogP contribution in [0.25, 0.3) is 0 Å². The third-order valence-corrected chi connectivity index (χ3v) is 8.90. The van der Waals surface area contributed by atoms with Crippen LogP contribution in [-0.2, 0) is 21.6 Å². The van der Waals surface area contributed by atoms with Crippen molar-refractivity contribution in [2.24, 2.45) is 0 Å². The molecule has 0 amide bonds. The van der Waals surface area contributed by atoms with Crippen LogP contribution in [0.3, 0.4) is 0 Å². The standard InChI is InChI=1S/C30H46O3S/c1-29(21-13-23-31,27-15-5-3-6-16-27)19-9-11-25-34(33)26-12-10-20-30(2,22-14-24-32)28-17-7-4-8-18-28/h3-8,15-18,31-32H,9-14,19-26H2,1-2H3. The number of aliphatic hydroxyl groups is 2. The predicted molar refractivity (Wildman–Crippen MR) is 146 cm³/mol. The number of unbranched alkanes of at least 4 members (excludes halogenated alkanes) is 2. The average molecular weight is 487 g/mol. The molecule has 0 bridgehead atoms. The lowest BCUT2D eigenvalue weighted by Gasteiger charge is -2.30. The van der Waals surface area contributed by atoms with Gasteiger partial charge in [0.25, 0.3) is 0 Å². The lowest BCUT2D eigenvalue weighted by Crippen LogP contribution is -2.23. The molecular weight excluding hydrogens is 440 g/mol. The molecule has 2 atom stereocenters. The first-order chi connectivity index (χ1) is 16.4. The van der Waals surface area contributed by atoms with Gasteiger partial charge in [-0.1, -0.05) is 87.4 Å². The first-order valence-electron chi connectivity index (χ1n) is 13.1. The Morgan fingerprint density at radius 1 is 0.588 bits per heavy atom. The van der Waals surface area contributed by atoms with Gasteiger partial charge in [-0.2, -0.15) is 0 Å². The molecule has 0 aliphatic carbocycles. The second-order valence-electron chi connectivity index (χ2n) is 10.3. The van der Waals surface area contributed by atoms with E-state index in [0.29, 0.717) is 0 Å². The number of rotatable bonds is 18. The van der Waals surface area contributed by atoms with Crippen LogP contribution in [-0.4, -0.2) is 39.1 Å². The summed E-state index contributed by atoms with van der Waals surface area (Å²) < 4.78 is 12.6. The van der Waals surface area contributed by atoms with Gasteiger partial charge in [-0.25, -0.2) is 0 Å². The van der Waals surface area contributed by atoms with Gasteiger partial charge in [0.2, 0.25) is 0 Å². The van der Waals surface area contributed by atoms with E-state index < -0.39 is 10.8 Å². The Bertz CT molecular complexity index is 743. The zero-order chi connectivity index (χ0) is 24.7. The van der Waals surface area contributed by atoms with E-state index in [4.69, 9.17) is 0 Å². The summed E-state index contributed by atoms with van der Waals surface area (Å²) in [6, 6.07) is 21.2. The summed E-state index contributed by atoms with van der Waals surface area (Å²) in [6.07, 6.45) is 9.84. The van der Waals surface area contributed by atoms with Gasteiger partial charge >= 0.3 is 0 Å². The highest BCUT2D eigenvalue weighted by molar-refractivity contribution is 7.84. The Morgan fingerprint density at radius 3 is 1.29 bits per heavy atom. The number of benzene rings is 2. The van der Waals surface area contributed by atoms with Crippen LogP contribution in [0, 0.1) is 0 Å². The van der Waals surface area contributed by atoms with Gasteiger partial charge in [0.1, 0.15) is 0 Å². The Hall–Kier alpha value is -1.49. The fourth-order valence-electron chi connectivity index (χ4n) is 5.11. The predicted octanol–water partition coefficient (Wildman–Crippen LogP) is 6.54. The largest absolute Gasteiger partial charge is 0.396 e. The topological polar surface area (TPSA) is 57.5 Å². The lowest BCUT2D eigenvalue weighted by molar-refractivity contribution is 0.258. The summed E-state index contributed by atoms with van der Waals surface area (Å²) in [7, 11) is -0.756. The summed E-state index contributed by atoms with van der Waals surface area (Å²) in [5.41, 5.74) is 2.82. The fourth-order valence-corrected chi connectivity index (χ4v) is 6.36. The average Bonchev–Trinajstić information content (AvgIpc) is 2.88. The highest BCUT2D eigenvalue weighted by atomic mass is 32.2. The highest BCUT2D eigenvalue weighted by Crippen LogP contribution is 2.35. The molecule has 34 heavy (non-hydrogen) atoms. The molecule has 0 aliphatic heterocycles. The molecular formula is C30H46O3S. The van der Waals surface area contributed by atoms with Crippen molar-refractivity contribution >= 4 is 10.8 Å². The Kier molecular flexibility index (Phi) is 13.1. The molecule has 0 aliphatic rings. The molecule has 4 heteroatoms. The number of hydrogen-bond donors (Lipinski definition) is 2. The highest BCUT2D eigenvalue weighted by Gasteiger charge is 2.26. The lowest BCUT2D eigenvalue weighted by atomic mass is 9.75. The van der Waals surface area contributed by atoms with Crippen LogP contribution in [0.2, 0.25) is 0 Å². The van der Waals surface area contributed by atoms with Crippen molar-refractivity contribution in [1.82, 2.24) is 0 Å². The van der Waals surface area contributed by atoms with E-state index >= 15 is 0 Å². The SMILES string of the molecule is CC(CCCO)(CCCCS(=O)CCCCC(C)(CCCO)c1ccccc1)c1ccccc1. The minimum Gasteiger partial charge on any atom is -0.396 e. The van der Waals surface area contributed by atoms with E-state index in [1.54, 1.807) is 0 Å². The van der Waals surface area contributed by atoms with Gasteiger partial charge in [0.05, 0.1) is 0 Å². The van der Waals surface area contributed by atoms with Gasteiger partial charge in [0, 0.05) is 35.5 Å². The molecule has 190 valence electrons. The number of hydrogen-bond acceptors (Lipinski definition) is 3. The van der Waals surface area contributed by atoms with Crippen molar-refractivity contribution < 1.29 is 14.4 Å².